The summed E-state index contributed by atoms with van der Waals surface area (Å²) in [6.07, 6.45) is 3.58. The van der Waals surface area contributed by atoms with Crippen molar-refractivity contribution in [3.8, 4) is 11.5 Å². The molecule has 2 nitrogen and oxygen atoms in total. The molecule has 0 saturated carbocycles. The van der Waals surface area contributed by atoms with Crippen LogP contribution in [0.5, 0.6) is 11.5 Å². The van der Waals surface area contributed by atoms with Gasteiger partial charge in [-0.25, -0.2) is 0 Å². The van der Waals surface area contributed by atoms with Crippen molar-refractivity contribution in [3.05, 3.63) is 29.8 Å². The van der Waals surface area contributed by atoms with Crippen LogP contribution in [0.15, 0.2) is 24.3 Å². The van der Waals surface area contributed by atoms with Gasteiger partial charge in [-0.2, -0.15) is 0 Å². The summed E-state index contributed by atoms with van der Waals surface area (Å²) in [4.78, 5) is 0. The first-order valence-electron chi connectivity index (χ1n) is 3.49. The van der Waals surface area contributed by atoms with Crippen molar-refractivity contribution in [2.24, 2.45) is 0 Å². The van der Waals surface area contributed by atoms with Crippen LogP contribution in [0.25, 0.3) is 6.08 Å². The third-order valence-corrected chi connectivity index (χ3v) is 1.81. The van der Waals surface area contributed by atoms with Crippen LogP contribution in [-0.4, -0.2) is 15.5 Å². The van der Waals surface area contributed by atoms with Crippen LogP contribution in [0.2, 0.25) is 0 Å². The molecule has 0 aliphatic heterocycles. The number of halogens is 1. The summed E-state index contributed by atoms with van der Waals surface area (Å²) in [5.41, 5.74) is 0.620. The molecule has 64 valence electrons. The molecule has 0 unspecified atom stereocenters. The summed E-state index contributed by atoms with van der Waals surface area (Å²) in [6, 6.07) is 4.86. The molecule has 0 aromatic heterocycles. The third kappa shape index (κ3) is 2.01. The lowest BCUT2D eigenvalue weighted by atomic mass is 10.2. The van der Waals surface area contributed by atoms with E-state index in [-0.39, 0.29) is 11.5 Å². The molecule has 1 aromatic rings. The van der Waals surface area contributed by atoms with Gasteiger partial charge >= 0.3 is 0 Å². The molecule has 0 aliphatic carbocycles. The van der Waals surface area contributed by atoms with E-state index in [0.29, 0.717) is 5.56 Å². The fourth-order valence-electron chi connectivity index (χ4n) is 0.855. The standard InChI is InChI=1S/C9H9BrO2/c10-6-2-4-7-3-1-5-8(11)9(7)12/h1-5,11-12H,6H2. The largest absolute Gasteiger partial charge is 0.504 e. The predicted molar refractivity (Wildman–Crippen MR) is 52.6 cm³/mol. The Bertz CT molecular complexity index is 295. The Hall–Kier alpha value is -0.960. The van der Waals surface area contributed by atoms with Crippen LogP contribution in [-0.2, 0) is 0 Å². The Morgan fingerprint density at radius 2 is 2.08 bits per heavy atom. The maximum absolute atomic E-state index is 9.31. The lowest BCUT2D eigenvalue weighted by molar-refractivity contribution is 0.403. The van der Waals surface area contributed by atoms with Crippen molar-refractivity contribution in [2.75, 3.05) is 5.33 Å². The van der Waals surface area contributed by atoms with Crippen molar-refractivity contribution in [3.63, 3.8) is 0 Å². The van der Waals surface area contributed by atoms with Gasteiger partial charge in [0.1, 0.15) is 0 Å². The normalized spacial score (nSPS) is 10.8. The van der Waals surface area contributed by atoms with Gasteiger partial charge in [-0.15, -0.1) is 0 Å². The number of alkyl halides is 1. The minimum Gasteiger partial charge on any atom is -0.504 e. The van der Waals surface area contributed by atoms with Gasteiger partial charge < -0.3 is 10.2 Å². The molecule has 0 amide bonds. The first-order chi connectivity index (χ1) is 5.75. The van der Waals surface area contributed by atoms with Gasteiger partial charge in [0, 0.05) is 10.9 Å². The van der Waals surface area contributed by atoms with Gasteiger partial charge in [-0.3, -0.25) is 0 Å². The highest BCUT2D eigenvalue weighted by Gasteiger charge is 2.00. The van der Waals surface area contributed by atoms with Crippen molar-refractivity contribution >= 4 is 22.0 Å². The number of para-hydroxylation sites is 1. The SMILES string of the molecule is Oc1cccc(C=CCBr)c1O. The topological polar surface area (TPSA) is 40.5 Å². The zero-order chi connectivity index (χ0) is 8.97. The van der Waals surface area contributed by atoms with E-state index in [1.807, 2.05) is 6.08 Å². The smallest absolute Gasteiger partial charge is 0.164 e. The number of hydrogen-bond acceptors (Lipinski definition) is 2. The lowest BCUT2D eigenvalue weighted by Gasteiger charge is -1.99. The Kier molecular flexibility index (Phi) is 3.17. The van der Waals surface area contributed by atoms with Crippen LogP contribution in [0.1, 0.15) is 5.56 Å². The summed E-state index contributed by atoms with van der Waals surface area (Å²) in [5.74, 6) is -0.165. The number of aromatic hydroxyl groups is 2. The molecule has 1 aromatic carbocycles. The Morgan fingerprint density at radius 1 is 1.33 bits per heavy atom. The van der Waals surface area contributed by atoms with E-state index in [4.69, 9.17) is 5.11 Å². The monoisotopic (exact) mass is 228 g/mol. The zero-order valence-corrected chi connectivity index (χ0v) is 7.95. The first-order valence-corrected chi connectivity index (χ1v) is 4.61. The molecule has 1 rings (SSSR count). The number of phenols is 2. The molecule has 0 saturated heterocycles. The van der Waals surface area contributed by atoms with Gasteiger partial charge in [0.15, 0.2) is 11.5 Å². The van der Waals surface area contributed by atoms with Crippen LogP contribution >= 0.6 is 15.9 Å². The predicted octanol–water partition coefficient (Wildman–Crippen LogP) is 2.51. The van der Waals surface area contributed by atoms with Crippen LogP contribution in [0.3, 0.4) is 0 Å². The highest BCUT2D eigenvalue weighted by molar-refractivity contribution is 9.09. The van der Waals surface area contributed by atoms with Crippen LogP contribution in [0.4, 0.5) is 0 Å². The number of phenolic OH excluding ortho intramolecular Hbond substituents is 2. The molecule has 2 N–H and O–H groups in total. The third-order valence-electron chi connectivity index (χ3n) is 1.43. The summed E-state index contributed by atoms with van der Waals surface area (Å²) in [6.45, 7) is 0. The molecular weight excluding hydrogens is 220 g/mol. The number of rotatable bonds is 2. The molecule has 0 spiro atoms. The number of hydrogen-bond donors (Lipinski definition) is 2. The molecule has 0 bridgehead atoms. The Labute approximate surface area is 79.3 Å². The summed E-state index contributed by atoms with van der Waals surface area (Å²) in [7, 11) is 0. The fraction of sp³-hybridized carbons (Fsp3) is 0.111. The molecule has 0 radical (unpaired) electrons. The summed E-state index contributed by atoms with van der Waals surface area (Å²) in [5, 5.41) is 19.1. The fourth-order valence-corrected chi connectivity index (χ4v) is 1.04. The summed E-state index contributed by atoms with van der Waals surface area (Å²) >= 11 is 3.22. The van der Waals surface area contributed by atoms with E-state index in [1.165, 1.54) is 6.07 Å². The minimum atomic E-state index is -0.0910. The van der Waals surface area contributed by atoms with Gasteiger partial charge in [0.05, 0.1) is 0 Å². The molecular formula is C9H9BrO2. The van der Waals surface area contributed by atoms with E-state index < -0.39 is 0 Å². The second kappa shape index (κ2) is 4.16. The summed E-state index contributed by atoms with van der Waals surface area (Å²) < 4.78 is 0. The van der Waals surface area contributed by atoms with Gasteiger partial charge in [-0.05, 0) is 6.07 Å². The van der Waals surface area contributed by atoms with Crippen molar-refractivity contribution < 1.29 is 10.2 Å². The first kappa shape index (κ1) is 9.13. The maximum atomic E-state index is 9.31. The van der Waals surface area contributed by atoms with E-state index >= 15 is 0 Å². The highest BCUT2D eigenvalue weighted by Crippen LogP contribution is 2.28. The van der Waals surface area contributed by atoms with E-state index in [0.717, 1.165) is 5.33 Å². The maximum Gasteiger partial charge on any atom is 0.164 e. The Morgan fingerprint density at radius 3 is 2.75 bits per heavy atom. The highest BCUT2D eigenvalue weighted by atomic mass is 79.9. The van der Waals surface area contributed by atoms with Crippen LogP contribution < -0.4 is 0 Å². The van der Waals surface area contributed by atoms with Gasteiger partial charge in [0.25, 0.3) is 0 Å². The number of allylic oxidation sites excluding steroid dienone is 1. The zero-order valence-electron chi connectivity index (χ0n) is 6.37. The Balaban J connectivity index is 3.00. The lowest BCUT2D eigenvalue weighted by Crippen LogP contribution is -1.75. The van der Waals surface area contributed by atoms with Gasteiger partial charge in [-0.1, -0.05) is 40.2 Å². The van der Waals surface area contributed by atoms with E-state index in [9.17, 15) is 5.11 Å². The van der Waals surface area contributed by atoms with Crippen LogP contribution in [0, 0.1) is 0 Å². The molecule has 0 fully saturated rings. The molecule has 0 aliphatic rings. The van der Waals surface area contributed by atoms with Crippen molar-refractivity contribution in [1.29, 1.82) is 0 Å². The second-order valence-corrected chi connectivity index (χ2v) is 2.92. The molecule has 3 heteroatoms. The average Bonchev–Trinajstić information content (AvgIpc) is 2.08. The average molecular weight is 229 g/mol. The number of benzene rings is 1. The second-order valence-electron chi connectivity index (χ2n) is 2.27. The van der Waals surface area contributed by atoms with Gasteiger partial charge in [0.2, 0.25) is 0 Å². The molecule has 12 heavy (non-hydrogen) atoms. The molecule has 0 heterocycles. The molecule has 0 atom stereocenters. The van der Waals surface area contributed by atoms with Crippen molar-refractivity contribution in [1.82, 2.24) is 0 Å². The minimum absolute atomic E-state index is 0.0744. The van der Waals surface area contributed by atoms with E-state index in [1.54, 1.807) is 18.2 Å². The van der Waals surface area contributed by atoms with E-state index in [2.05, 4.69) is 15.9 Å². The quantitative estimate of drug-likeness (QED) is 0.604. The van der Waals surface area contributed by atoms with Crippen molar-refractivity contribution in [2.45, 2.75) is 0 Å².